The molecular formula is C20H17ClN4. The first-order valence-electron chi connectivity index (χ1n) is 7.90. The van der Waals surface area contributed by atoms with E-state index < -0.39 is 0 Å². The number of halogens is 1. The SMILES string of the molecule is Cc1ccc(C=Nc2n[nH]c(Cc3cccc(Cl)c3)c2C#N)c(C)c1. The Hall–Kier alpha value is -2.90. The van der Waals surface area contributed by atoms with Crippen LogP contribution in [0.3, 0.4) is 0 Å². The molecule has 0 saturated carbocycles. The van der Waals surface area contributed by atoms with E-state index in [-0.39, 0.29) is 0 Å². The molecule has 1 heterocycles. The Kier molecular flexibility index (Phi) is 4.97. The van der Waals surface area contributed by atoms with Crippen molar-refractivity contribution in [1.82, 2.24) is 10.2 Å². The molecule has 0 aliphatic rings. The predicted octanol–water partition coefficient (Wildman–Crippen LogP) is 4.89. The van der Waals surface area contributed by atoms with Crippen molar-refractivity contribution in [1.29, 1.82) is 5.26 Å². The summed E-state index contributed by atoms with van der Waals surface area (Å²) in [5.41, 5.74) is 5.55. The van der Waals surface area contributed by atoms with Crippen LogP contribution in [0.25, 0.3) is 0 Å². The van der Waals surface area contributed by atoms with Crippen molar-refractivity contribution in [2.45, 2.75) is 20.3 Å². The Morgan fingerprint density at radius 1 is 1.24 bits per heavy atom. The van der Waals surface area contributed by atoms with Crippen molar-refractivity contribution < 1.29 is 0 Å². The fourth-order valence-electron chi connectivity index (χ4n) is 2.66. The van der Waals surface area contributed by atoms with Gasteiger partial charge in [0, 0.05) is 17.7 Å². The van der Waals surface area contributed by atoms with Crippen molar-refractivity contribution in [2.75, 3.05) is 0 Å². The van der Waals surface area contributed by atoms with Crippen LogP contribution in [-0.4, -0.2) is 16.4 Å². The Bertz CT molecular complexity index is 980. The Balaban J connectivity index is 1.87. The van der Waals surface area contributed by atoms with Crippen LogP contribution in [0, 0.1) is 25.2 Å². The van der Waals surface area contributed by atoms with Crippen LogP contribution in [0.2, 0.25) is 5.02 Å². The van der Waals surface area contributed by atoms with Gasteiger partial charge in [0.1, 0.15) is 11.6 Å². The Labute approximate surface area is 151 Å². The van der Waals surface area contributed by atoms with E-state index in [4.69, 9.17) is 11.6 Å². The number of aromatic nitrogens is 2. The largest absolute Gasteiger partial charge is 0.279 e. The second kappa shape index (κ2) is 7.33. The highest BCUT2D eigenvalue weighted by Gasteiger charge is 2.12. The maximum absolute atomic E-state index is 9.50. The number of H-pyrrole nitrogens is 1. The summed E-state index contributed by atoms with van der Waals surface area (Å²) >= 11 is 6.02. The third kappa shape index (κ3) is 3.96. The third-order valence-corrected chi connectivity index (χ3v) is 4.19. The topological polar surface area (TPSA) is 64.8 Å². The minimum absolute atomic E-state index is 0.402. The fourth-order valence-corrected chi connectivity index (χ4v) is 2.87. The molecule has 0 atom stereocenters. The zero-order valence-corrected chi connectivity index (χ0v) is 14.8. The van der Waals surface area contributed by atoms with Gasteiger partial charge in [-0.15, -0.1) is 0 Å². The number of aryl methyl sites for hydroxylation is 2. The number of nitrogens with zero attached hydrogens (tertiary/aromatic N) is 3. The molecular weight excluding hydrogens is 332 g/mol. The summed E-state index contributed by atoms with van der Waals surface area (Å²) in [5, 5.41) is 17.3. The number of benzene rings is 2. The number of nitrogens with one attached hydrogen (secondary N) is 1. The van der Waals surface area contributed by atoms with E-state index in [2.05, 4.69) is 34.2 Å². The van der Waals surface area contributed by atoms with Gasteiger partial charge in [-0.1, -0.05) is 47.5 Å². The molecule has 0 radical (unpaired) electrons. The highest BCUT2D eigenvalue weighted by Crippen LogP contribution is 2.22. The summed E-state index contributed by atoms with van der Waals surface area (Å²) in [5.74, 6) is 0.402. The molecule has 0 aliphatic heterocycles. The molecule has 25 heavy (non-hydrogen) atoms. The second-order valence-corrected chi connectivity index (χ2v) is 6.37. The molecule has 3 rings (SSSR count). The number of aliphatic imine (C=N–C) groups is 1. The lowest BCUT2D eigenvalue weighted by Crippen LogP contribution is -1.91. The zero-order valence-electron chi connectivity index (χ0n) is 14.0. The summed E-state index contributed by atoms with van der Waals surface area (Å²) in [4.78, 5) is 4.40. The minimum atomic E-state index is 0.402. The van der Waals surface area contributed by atoms with E-state index in [0.29, 0.717) is 22.8 Å². The van der Waals surface area contributed by atoms with Crippen molar-refractivity contribution in [2.24, 2.45) is 4.99 Å². The monoisotopic (exact) mass is 348 g/mol. The van der Waals surface area contributed by atoms with E-state index >= 15 is 0 Å². The maximum atomic E-state index is 9.50. The number of hydrogen-bond donors (Lipinski definition) is 1. The van der Waals surface area contributed by atoms with Crippen LogP contribution in [0.4, 0.5) is 5.82 Å². The minimum Gasteiger partial charge on any atom is -0.279 e. The van der Waals surface area contributed by atoms with Crippen molar-refractivity contribution in [3.8, 4) is 6.07 Å². The first kappa shape index (κ1) is 16.9. The third-order valence-electron chi connectivity index (χ3n) is 3.96. The summed E-state index contributed by atoms with van der Waals surface area (Å²) in [6.07, 6.45) is 2.30. The smallest absolute Gasteiger partial charge is 0.191 e. The maximum Gasteiger partial charge on any atom is 0.191 e. The average Bonchev–Trinajstić information content (AvgIpc) is 2.95. The quantitative estimate of drug-likeness (QED) is 0.682. The molecule has 1 aromatic heterocycles. The lowest BCUT2D eigenvalue weighted by Gasteiger charge is -2.01. The van der Waals surface area contributed by atoms with Gasteiger partial charge in [-0.05, 0) is 42.7 Å². The summed E-state index contributed by atoms with van der Waals surface area (Å²) in [6, 6.07) is 15.9. The zero-order chi connectivity index (χ0) is 17.8. The Morgan fingerprint density at radius 2 is 2.08 bits per heavy atom. The first-order valence-corrected chi connectivity index (χ1v) is 8.27. The van der Waals surface area contributed by atoms with Crippen LogP contribution in [0.1, 0.15) is 33.5 Å². The summed E-state index contributed by atoms with van der Waals surface area (Å²) in [6.45, 7) is 4.09. The second-order valence-electron chi connectivity index (χ2n) is 5.94. The first-order chi connectivity index (χ1) is 12.1. The van der Waals surface area contributed by atoms with E-state index in [9.17, 15) is 5.26 Å². The van der Waals surface area contributed by atoms with Gasteiger partial charge in [-0.25, -0.2) is 4.99 Å². The molecule has 124 valence electrons. The van der Waals surface area contributed by atoms with Gasteiger partial charge in [0.15, 0.2) is 5.82 Å². The fraction of sp³-hybridized carbons (Fsp3) is 0.150. The predicted molar refractivity (Wildman–Crippen MR) is 101 cm³/mol. The summed E-state index contributed by atoms with van der Waals surface area (Å²) in [7, 11) is 0. The molecule has 0 fully saturated rings. The van der Waals surface area contributed by atoms with Crippen molar-refractivity contribution in [3.63, 3.8) is 0 Å². The highest BCUT2D eigenvalue weighted by atomic mass is 35.5. The van der Waals surface area contributed by atoms with Gasteiger partial charge >= 0.3 is 0 Å². The molecule has 1 N–H and O–H groups in total. The van der Waals surface area contributed by atoms with Crippen molar-refractivity contribution in [3.05, 3.63) is 81.0 Å². The van der Waals surface area contributed by atoms with Gasteiger partial charge in [-0.2, -0.15) is 10.4 Å². The lowest BCUT2D eigenvalue weighted by atomic mass is 10.1. The molecule has 0 bridgehead atoms. The van der Waals surface area contributed by atoms with E-state index in [1.54, 1.807) is 6.21 Å². The molecule has 3 aromatic rings. The average molecular weight is 349 g/mol. The molecule has 0 saturated heterocycles. The molecule has 0 unspecified atom stereocenters. The van der Waals surface area contributed by atoms with E-state index in [1.165, 1.54) is 5.56 Å². The molecule has 0 spiro atoms. The van der Waals surface area contributed by atoms with Gasteiger partial charge < -0.3 is 0 Å². The van der Waals surface area contributed by atoms with Crippen LogP contribution >= 0.6 is 11.6 Å². The van der Waals surface area contributed by atoms with Gasteiger partial charge in [0.25, 0.3) is 0 Å². The van der Waals surface area contributed by atoms with Crippen LogP contribution < -0.4 is 0 Å². The molecule has 2 aromatic carbocycles. The number of aromatic amines is 1. The summed E-state index contributed by atoms with van der Waals surface area (Å²) < 4.78 is 0. The highest BCUT2D eigenvalue weighted by molar-refractivity contribution is 6.30. The molecule has 0 amide bonds. The van der Waals surface area contributed by atoms with Crippen LogP contribution in [0.15, 0.2) is 47.5 Å². The molecule has 4 nitrogen and oxygen atoms in total. The number of hydrogen-bond acceptors (Lipinski definition) is 3. The number of nitriles is 1. The standard InChI is InChI=1S/C20H17ClN4/c1-13-6-7-16(14(2)8-13)12-23-20-18(11-22)19(24-25-20)10-15-4-3-5-17(21)9-15/h3-9,12H,10H2,1-2H3,(H,24,25). The normalized spacial score (nSPS) is 11.0. The Morgan fingerprint density at radius 3 is 2.80 bits per heavy atom. The van der Waals surface area contributed by atoms with E-state index in [1.807, 2.05) is 43.3 Å². The van der Waals surface area contributed by atoms with Crippen LogP contribution in [0.5, 0.6) is 0 Å². The van der Waals surface area contributed by atoms with Crippen LogP contribution in [-0.2, 0) is 6.42 Å². The van der Waals surface area contributed by atoms with E-state index in [0.717, 1.165) is 22.4 Å². The molecule has 0 aliphatic carbocycles. The molecule has 5 heteroatoms. The number of rotatable bonds is 4. The van der Waals surface area contributed by atoms with Gasteiger partial charge in [0.05, 0.1) is 5.69 Å². The lowest BCUT2D eigenvalue weighted by molar-refractivity contribution is 0.993. The van der Waals surface area contributed by atoms with Crippen molar-refractivity contribution >= 4 is 23.6 Å². The van der Waals surface area contributed by atoms with Gasteiger partial charge in [0.2, 0.25) is 0 Å². The van der Waals surface area contributed by atoms with Gasteiger partial charge in [-0.3, -0.25) is 5.10 Å².